The van der Waals surface area contributed by atoms with Gasteiger partial charge in [-0.1, -0.05) is 18.0 Å². The van der Waals surface area contributed by atoms with E-state index in [-0.39, 0.29) is 30.3 Å². The number of nitrogens with one attached hydrogen (secondary N) is 2. The number of fused-ring (bicyclic) bond motifs is 1. The Hall–Kier alpha value is -1.59. The molecule has 0 radical (unpaired) electrons. The number of rotatable bonds is 3. The van der Waals surface area contributed by atoms with Crippen LogP contribution in [0.25, 0.3) is 0 Å². The first kappa shape index (κ1) is 15.3. The van der Waals surface area contributed by atoms with Gasteiger partial charge in [0.05, 0.1) is 12.5 Å². The summed E-state index contributed by atoms with van der Waals surface area (Å²) < 4.78 is 0. The van der Waals surface area contributed by atoms with Crippen molar-refractivity contribution in [2.45, 2.75) is 50.2 Å². The van der Waals surface area contributed by atoms with Gasteiger partial charge in [0.1, 0.15) is 6.04 Å². The first-order valence-corrected chi connectivity index (χ1v) is 8.20. The Morgan fingerprint density at radius 3 is 2.77 bits per heavy atom. The van der Waals surface area contributed by atoms with Gasteiger partial charge in [-0.15, -0.1) is 0 Å². The van der Waals surface area contributed by atoms with Gasteiger partial charge in [-0.25, -0.2) is 0 Å². The minimum Gasteiger partial charge on any atom is -0.342 e. The molecule has 3 rings (SSSR count). The molecule has 2 amide bonds. The van der Waals surface area contributed by atoms with Crippen LogP contribution < -0.4 is 16.0 Å². The van der Waals surface area contributed by atoms with E-state index in [9.17, 15) is 9.59 Å². The topological polar surface area (TPSA) is 74.8 Å². The third-order valence-corrected chi connectivity index (χ3v) is 4.75. The standard InChI is InChI=1S/C16H20ClN3O2/c17-10-5-7-11(8-6-10)18-15(21)9-14-16(22)20-13-4-2-1-3-12(13)19-14/h5-8,12-14,19H,1-4,9H2,(H,18,21)(H,20,22)/p+1/t12-,13-,14+/m0/s1. The number of carbonyl (C=O) groups excluding carboxylic acids is 2. The molecule has 1 aromatic carbocycles. The minimum atomic E-state index is -0.327. The molecule has 0 aromatic heterocycles. The van der Waals surface area contributed by atoms with Crippen molar-refractivity contribution in [3.05, 3.63) is 29.3 Å². The van der Waals surface area contributed by atoms with Gasteiger partial charge in [0.25, 0.3) is 5.91 Å². The largest absolute Gasteiger partial charge is 0.342 e. The Kier molecular flexibility index (Phi) is 4.64. The molecule has 1 saturated carbocycles. The fraction of sp³-hybridized carbons (Fsp3) is 0.500. The Labute approximate surface area is 134 Å². The summed E-state index contributed by atoms with van der Waals surface area (Å²) in [7, 11) is 0. The van der Waals surface area contributed by atoms with Crippen molar-refractivity contribution in [1.29, 1.82) is 0 Å². The normalized spacial score (nSPS) is 27.7. The Morgan fingerprint density at radius 2 is 2.00 bits per heavy atom. The fourth-order valence-electron chi connectivity index (χ4n) is 3.35. The maximum Gasteiger partial charge on any atom is 0.279 e. The number of halogens is 1. The van der Waals surface area contributed by atoms with E-state index >= 15 is 0 Å². The number of hydrogen-bond donors (Lipinski definition) is 3. The van der Waals surface area contributed by atoms with Crippen LogP contribution in [-0.4, -0.2) is 29.9 Å². The lowest BCUT2D eigenvalue weighted by atomic mass is 9.87. The number of quaternary nitrogens is 1. The number of hydrogen-bond acceptors (Lipinski definition) is 2. The van der Waals surface area contributed by atoms with Crippen molar-refractivity contribution in [1.82, 2.24) is 5.32 Å². The molecule has 118 valence electrons. The molecule has 1 heterocycles. The van der Waals surface area contributed by atoms with Crippen LogP contribution >= 0.6 is 11.6 Å². The van der Waals surface area contributed by atoms with Gasteiger partial charge in [-0.05, 0) is 37.1 Å². The lowest BCUT2D eigenvalue weighted by Crippen LogP contribution is -3.03. The molecule has 1 aliphatic carbocycles. The molecular formula is C16H21ClN3O2+. The highest BCUT2D eigenvalue weighted by atomic mass is 35.5. The molecule has 1 aliphatic heterocycles. The highest BCUT2D eigenvalue weighted by Gasteiger charge is 2.40. The molecule has 1 saturated heterocycles. The summed E-state index contributed by atoms with van der Waals surface area (Å²) in [6.45, 7) is 0. The minimum absolute atomic E-state index is 0.0191. The van der Waals surface area contributed by atoms with Gasteiger partial charge in [0.15, 0.2) is 6.04 Å². The van der Waals surface area contributed by atoms with Crippen molar-refractivity contribution in [2.24, 2.45) is 0 Å². The second-order valence-corrected chi connectivity index (χ2v) is 6.56. The molecule has 5 nitrogen and oxygen atoms in total. The highest BCUT2D eigenvalue weighted by Crippen LogP contribution is 2.19. The van der Waals surface area contributed by atoms with E-state index < -0.39 is 0 Å². The molecule has 0 spiro atoms. The van der Waals surface area contributed by atoms with Crippen molar-refractivity contribution in [3.8, 4) is 0 Å². The Bertz CT molecular complexity index is 561. The molecule has 3 atom stereocenters. The average Bonchev–Trinajstić information content (AvgIpc) is 2.50. The van der Waals surface area contributed by atoms with Gasteiger partial charge in [0.2, 0.25) is 5.91 Å². The zero-order valence-electron chi connectivity index (χ0n) is 12.3. The van der Waals surface area contributed by atoms with Crippen molar-refractivity contribution in [3.63, 3.8) is 0 Å². The highest BCUT2D eigenvalue weighted by molar-refractivity contribution is 6.30. The summed E-state index contributed by atoms with van der Waals surface area (Å²) >= 11 is 5.82. The maximum atomic E-state index is 12.1. The first-order valence-electron chi connectivity index (χ1n) is 7.82. The number of amides is 2. The number of piperazine rings is 1. The van der Waals surface area contributed by atoms with Gasteiger partial charge < -0.3 is 16.0 Å². The zero-order valence-corrected chi connectivity index (χ0v) is 13.1. The fourth-order valence-corrected chi connectivity index (χ4v) is 3.48. The van der Waals surface area contributed by atoms with Crippen LogP contribution in [0.3, 0.4) is 0 Å². The van der Waals surface area contributed by atoms with E-state index in [0.29, 0.717) is 16.8 Å². The Balaban J connectivity index is 1.56. The average molecular weight is 323 g/mol. The summed E-state index contributed by atoms with van der Waals surface area (Å²) in [6.07, 6.45) is 4.74. The van der Waals surface area contributed by atoms with E-state index in [1.54, 1.807) is 24.3 Å². The quantitative estimate of drug-likeness (QED) is 0.778. The summed E-state index contributed by atoms with van der Waals surface area (Å²) in [4.78, 5) is 24.3. The molecule has 1 aromatic rings. The smallest absolute Gasteiger partial charge is 0.279 e. The SMILES string of the molecule is O=C(C[C@H]1[NH2+][C@H]2CCCC[C@@H]2NC1=O)Nc1ccc(Cl)cc1. The van der Waals surface area contributed by atoms with Crippen LogP contribution in [0.1, 0.15) is 32.1 Å². The summed E-state index contributed by atoms with van der Waals surface area (Å²) in [6, 6.07) is 7.32. The lowest BCUT2D eigenvalue weighted by Gasteiger charge is -2.37. The van der Waals surface area contributed by atoms with E-state index in [0.717, 1.165) is 12.8 Å². The molecule has 2 fully saturated rings. The van der Waals surface area contributed by atoms with Gasteiger partial charge >= 0.3 is 0 Å². The molecule has 6 heteroatoms. The van der Waals surface area contributed by atoms with Crippen molar-refractivity contribution < 1.29 is 14.9 Å². The number of anilines is 1. The van der Waals surface area contributed by atoms with Crippen LogP contribution in [0.15, 0.2) is 24.3 Å². The molecule has 2 aliphatic rings. The molecule has 22 heavy (non-hydrogen) atoms. The number of nitrogens with two attached hydrogens (primary N) is 1. The van der Waals surface area contributed by atoms with Gasteiger partial charge in [-0.3, -0.25) is 9.59 Å². The molecule has 0 bridgehead atoms. The van der Waals surface area contributed by atoms with Crippen molar-refractivity contribution >= 4 is 29.1 Å². The van der Waals surface area contributed by atoms with E-state index in [2.05, 4.69) is 16.0 Å². The maximum absolute atomic E-state index is 12.1. The number of carbonyl (C=O) groups is 2. The predicted octanol–water partition coefficient (Wildman–Crippen LogP) is 1.04. The second-order valence-electron chi connectivity index (χ2n) is 6.12. The van der Waals surface area contributed by atoms with E-state index in [1.807, 2.05) is 0 Å². The number of benzene rings is 1. The first-order chi connectivity index (χ1) is 10.6. The second kappa shape index (κ2) is 6.67. The Morgan fingerprint density at radius 1 is 1.27 bits per heavy atom. The molecule has 0 unspecified atom stereocenters. The van der Waals surface area contributed by atoms with Crippen LogP contribution in [0.4, 0.5) is 5.69 Å². The van der Waals surface area contributed by atoms with Crippen molar-refractivity contribution in [2.75, 3.05) is 5.32 Å². The van der Waals surface area contributed by atoms with Crippen LogP contribution in [0, 0.1) is 0 Å². The molecule has 4 N–H and O–H groups in total. The summed E-state index contributed by atoms with van der Waals surface area (Å²) in [5.74, 6) is -0.164. The van der Waals surface area contributed by atoms with Gasteiger partial charge in [0, 0.05) is 17.1 Å². The van der Waals surface area contributed by atoms with Crippen LogP contribution in [0.2, 0.25) is 5.02 Å². The lowest BCUT2D eigenvalue weighted by molar-refractivity contribution is -0.718. The summed E-state index contributed by atoms with van der Waals surface area (Å²) in [5, 5.41) is 8.60. The third kappa shape index (κ3) is 3.59. The zero-order chi connectivity index (χ0) is 15.5. The van der Waals surface area contributed by atoms with Gasteiger partial charge in [-0.2, -0.15) is 0 Å². The van der Waals surface area contributed by atoms with Crippen LogP contribution in [-0.2, 0) is 9.59 Å². The van der Waals surface area contributed by atoms with E-state index in [4.69, 9.17) is 11.6 Å². The van der Waals surface area contributed by atoms with E-state index in [1.165, 1.54) is 12.8 Å². The van der Waals surface area contributed by atoms with Crippen LogP contribution in [0.5, 0.6) is 0 Å². The monoisotopic (exact) mass is 322 g/mol. The third-order valence-electron chi connectivity index (χ3n) is 4.50. The predicted molar refractivity (Wildman–Crippen MR) is 84.6 cm³/mol. The summed E-state index contributed by atoms with van der Waals surface area (Å²) in [5.41, 5.74) is 0.696. The molecular weight excluding hydrogens is 302 g/mol.